The molecule has 0 amide bonds. The van der Waals surface area contributed by atoms with Crippen LogP contribution < -0.4 is 0 Å². The molecule has 0 atom stereocenters. The third-order valence-corrected chi connectivity index (χ3v) is 21.4. The molecule has 0 aliphatic carbocycles. The maximum Gasteiger partial charge on any atom is -0.0326 e. The lowest BCUT2D eigenvalue weighted by atomic mass is 10.2. The Kier molecular flexibility index (Phi) is 41.0. The van der Waals surface area contributed by atoms with Gasteiger partial charge in [0.2, 0.25) is 0 Å². The molecule has 0 bridgehead atoms. The molecule has 0 N–H and O–H groups in total. The lowest BCUT2D eigenvalue weighted by Gasteiger charge is -2.20. The molecule has 0 fully saturated rings. The van der Waals surface area contributed by atoms with Gasteiger partial charge in [0.25, 0.3) is 0 Å². The molecule has 0 radical (unpaired) electrons. The summed E-state index contributed by atoms with van der Waals surface area (Å²) >= 11 is 0. The molecule has 0 rings (SSSR count). The van der Waals surface area contributed by atoms with Crippen molar-refractivity contribution in [1.82, 2.24) is 0 Å². The van der Waals surface area contributed by atoms with Crippen molar-refractivity contribution in [2.75, 3.05) is 73.9 Å². The van der Waals surface area contributed by atoms with Crippen molar-refractivity contribution in [3.63, 3.8) is 0 Å². The lowest BCUT2D eigenvalue weighted by molar-refractivity contribution is 0.688. The number of hydrogen-bond donors (Lipinski definition) is 0. The highest BCUT2D eigenvalue weighted by atomic mass is 31.1. The van der Waals surface area contributed by atoms with E-state index in [0.29, 0.717) is 31.7 Å². The van der Waals surface area contributed by atoms with Crippen LogP contribution in [0.1, 0.15) is 196 Å². The fraction of sp³-hybridized carbons (Fsp3) is 1.00. The van der Waals surface area contributed by atoms with Crippen molar-refractivity contribution in [1.29, 1.82) is 0 Å². The van der Waals surface area contributed by atoms with Gasteiger partial charge in [0.1, 0.15) is 0 Å². The van der Waals surface area contributed by atoms with Crippen LogP contribution in [-0.2, 0) is 0 Å². The van der Waals surface area contributed by atoms with Crippen molar-refractivity contribution in [3.8, 4) is 0 Å². The van der Waals surface area contributed by atoms with Gasteiger partial charge in [-0.2, -0.15) is 0 Å². The van der Waals surface area contributed by atoms with E-state index in [0.717, 1.165) is 0 Å². The van der Waals surface area contributed by atoms with Crippen LogP contribution in [0.2, 0.25) is 0 Å². The van der Waals surface area contributed by atoms with Crippen molar-refractivity contribution < 1.29 is 0 Å². The molecule has 0 aliphatic heterocycles. The van der Waals surface area contributed by atoms with Gasteiger partial charge in [0, 0.05) is 0 Å². The largest absolute Gasteiger partial charge is 0.107 e. The van der Waals surface area contributed by atoms with E-state index in [9.17, 15) is 0 Å². The zero-order chi connectivity index (χ0) is 33.8. The lowest BCUT2D eigenvalue weighted by Crippen LogP contribution is -1.99. The SMILES string of the molecule is CCCCP(CCCC)CCCCCCP(CCCCCCP(CCCC)CCCC)CCCCCCP(CCCC)CCCC. The molecule has 0 spiro atoms. The Morgan fingerprint density at radius 1 is 0.174 bits per heavy atom. The molecule has 0 aliphatic rings. The van der Waals surface area contributed by atoms with Crippen LogP contribution in [0.5, 0.6) is 0 Å². The highest BCUT2D eigenvalue weighted by molar-refractivity contribution is 7.58. The number of hydrogen-bond acceptors (Lipinski definition) is 0. The van der Waals surface area contributed by atoms with E-state index in [1.54, 1.807) is 93.2 Å². The minimum atomic E-state index is 0.303. The van der Waals surface area contributed by atoms with E-state index in [-0.39, 0.29) is 0 Å². The quantitative estimate of drug-likeness (QED) is 0.0438. The smallest absolute Gasteiger partial charge is 0.0326 e. The van der Waals surface area contributed by atoms with Crippen LogP contribution in [0.4, 0.5) is 0 Å². The zero-order valence-electron chi connectivity index (χ0n) is 33.2. The molecule has 0 unspecified atom stereocenters. The molecule has 0 aromatic rings. The summed E-state index contributed by atoms with van der Waals surface area (Å²) in [6.07, 6.45) is 54.7. The minimum absolute atomic E-state index is 0.303. The maximum absolute atomic E-state index is 2.38. The fourth-order valence-corrected chi connectivity index (χ4v) is 18.0. The van der Waals surface area contributed by atoms with Gasteiger partial charge in [-0.3, -0.25) is 0 Å². The Bertz CT molecular complexity index is 456. The van der Waals surface area contributed by atoms with Gasteiger partial charge in [-0.05, 0) is 151 Å². The van der Waals surface area contributed by atoms with Crippen molar-refractivity contribution in [3.05, 3.63) is 0 Å². The van der Waals surface area contributed by atoms with Crippen molar-refractivity contribution in [2.24, 2.45) is 0 Å². The topological polar surface area (TPSA) is 0 Å². The second kappa shape index (κ2) is 39.5. The van der Waals surface area contributed by atoms with Gasteiger partial charge in [-0.1, -0.05) is 119 Å². The molecule has 0 heterocycles. The van der Waals surface area contributed by atoms with E-state index in [4.69, 9.17) is 0 Å². The van der Waals surface area contributed by atoms with Gasteiger partial charge in [0.15, 0.2) is 0 Å². The van der Waals surface area contributed by atoms with Crippen LogP contribution in [0.25, 0.3) is 0 Å². The molecule has 46 heavy (non-hydrogen) atoms. The Labute approximate surface area is 300 Å². The highest BCUT2D eigenvalue weighted by Crippen LogP contribution is 2.43. The standard InChI is InChI=1S/C42H90P4/c1-7-13-31-43(32-14-8-2)37-25-19-22-28-40-46(41-29-23-20-26-38-44(33-15-9-3)34-16-10-4)42-30-24-21-27-39-45(35-17-11-5)36-18-12-6/h7-42H2,1-6H3. The maximum atomic E-state index is 2.38. The second-order valence-corrected chi connectivity index (χ2v) is 25.5. The van der Waals surface area contributed by atoms with Crippen LogP contribution in [-0.4, -0.2) is 73.9 Å². The third kappa shape index (κ3) is 32.9. The normalized spacial score (nSPS) is 12.1. The van der Waals surface area contributed by atoms with E-state index in [1.807, 2.05) is 0 Å². The average Bonchev–Trinajstić information content (AvgIpc) is 3.07. The van der Waals surface area contributed by atoms with Crippen molar-refractivity contribution >= 4 is 31.7 Å². The molecular formula is C42H90P4. The summed E-state index contributed by atoms with van der Waals surface area (Å²) in [6, 6.07) is 0. The summed E-state index contributed by atoms with van der Waals surface area (Å²) in [5.41, 5.74) is 0. The van der Waals surface area contributed by atoms with Gasteiger partial charge < -0.3 is 0 Å². The monoisotopic (exact) mass is 719 g/mol. The summed E-state index contributed by atoms with van der Waals surface area (Å²) in [5, 5.41) is 0. The minimum Gasteiger partial charge on any atom is -0.107 e. The summed E-state index contributed by atoms with van der Waals surface area (Å²) in [4.78, 5) is 0. The van der Waals surface area contributed by atoms with E-state index < -0.39 is 0 Å². The third-order valence-electron chi connectivity index (χ3n) is 10.1. The first-order valence-electron chi connectivity index (χ1n) is 21.5. The molecule has 0 aromatic carbocycles. The Hall–Kier alpha value is 1.72. The zero-order valence-corrected chi connectivity index (χ0v) is 36.8. The fourth-order valence-electron chi connectivity index (χ4n) is 6.71. The van der Waals surface area contributed by atoms with Gasteiger partial charge >= 0.3 is 0 Å². The average molecular weight is 719 g/mol. The molecule has 0 nitrogen and oxygen atoms in total. The summed E-state index contributed by atoms with van der Waals surface area (Å²) in [6.45, 7) is 14.3. The highest BCUT2D eigenvalue weighted by Gasteiger charge is 2.11. The number of rotatable bonds is 39. The molecule has 0 saturated carbocycles. The number of unbranched alkanes of at least 4 members (excludes halogenated alkanes) is 15. The first-order chi connectivity index (χ1) is 22.6. The van der Waals surface area contributed by atoms with Crippen LogP contribution in [0.15, 0.2) is 0 Å². The summed E-state index contributed by atoms with van der Waals surface area (Å²) < 4.78 is 0. The Balaban J connectivity index is 4.51. The van der Waals surface area contributed by atoms with E-state index >= 15 is 0 Å². The molecular weight excluding hydrogens is 628 g/mol. The van der Waals surface area contributed by atoms with Crippen LogP contribution in [0, 0.1) is 0 Å². The van der Waals surface area contributed by atoms with Gasteiger partial charge in [-0.15, -0.1) is 31.7 Å². The first kappa shape index (κ1) is 47.7. The summed E-state index contributed by atoms with van der Waals surface area (Å²) in [7, 11) is 1.36. The van der Waals surface area contributed by atoms with Gasteiger partial charge in [0.05, 0.1) is 0 Å². The predicted octanol–water partition coefficient (Wildman–Crippen LogP) is 16.4. The van der Waals surface area contributed by atoms with Crippen molar-refractivity contribution in [2.45, 2.75) is 196 Å². The molecule has 278 valence electrons. The second-order valence-electron chi connectivity index (χ2n) is 14.7. The van der Waals surface area contributed by atoms with Gasteiger partial charge in [-0.25, -0.2) is 0 Å². The van der Waals surface area contributed by atoms with Crippen LogP contribution in [0.3, 0.4) is 0 Å². The molecule has 4 heteroatoms. The Morgan fingerprint density at radius 3 is 0.435 bits per heavy atom. The predicted molar refractivity (Wildman–Crippen MR) is 231 cm³/mol. The van der Waals surface area contributed by atoms with E-state index in [1.165, 1.54) is 135 Å². The Morgan fingerprint density at radius 2 is 0.304 bits per heavy atom. The molecule has 0 saturated heterocycles. The first-order valence-corrected chi connectivity index (χ1v) is 29.1. The molecule has 0 aromatic heterocycles. The summed E-state index contributed by atoms with van der Waals surface area (Å²) in [5.74, 6) is 0. The van der Waals surface area contributed by atoms with Crippen LogP contribution >= 0.6 is 31.7 Å². The van der Waals surface area contributed by atoms with E-state index in [2.05, 4.69) is 41.5 Å².